The Balaban J connectivity index is 1.90. The molecule has 198 valence electrons. The van der Waals surface area contributed by atoms with Crippen LogP contribution in [0.3, 0.4) is 0 Å². The quantitative estimate of drug-likeness (QED) is 0.296. The number of benzene rings is 2. The standard InChI is InChI=1S/C28H38N6O3/c1-28(2,29)27(37)32-23(17-20-18-31-22-14-10-9-13-21(20)22)25(35)33(4)24(26(36)34(5)30-3)16-15-19-11-7-6-8-12-19/h6-14,18,23-24,30-31H,15-17,29H2,1-5H3,(H,32,37). The Hall–Kier alpha value is -3.69. The van der Waals surface area contributed by atoms with Gasteiger partial charge in [0.2, 0.25) is 11.8 Å². The van der Waals surface area contributed by atoms with Crippen molar-refractivity contribution in [2.45, 2.75) is 50.7 Å². The highest BCUT2D eigenvalue weighted by Crippen LogP contribution is 2.21. The second kappa shape index (κ2) is 12.0. The molecule has 1 heterocycles. The summed E-state index contributed by atoms with van der Waals surface area (Å²) < 4.78 is 0. The summed E-state index contributed by atoms with van der Waals surface area (Å²) in [5.74, 6) is -1.05. The van der Waals surface area contributed by atoms with Gasteiger partial charge < -0.3 is 20.9 Å². The summed E-state index contributed by atoms with van der Waals surface area (Å²) >= 11 is 0. The van der Waals surface area contributed by atoms with Crippen LogP contribution in [0.15, 0.2) is 60.8 Å². The minimum atomic E-state index is -1.17. The zero-order valence-electron chi connectivity index (χ0n) is 22.2. The normalized spacial score (nSPS) is 13.1. The number of nitrogens with two attached hydrogens (primary N) is 1. The highest BCUT2D eigenvalue weighted by atomic mass is 16.2. The lowest BCUT2D eigenvalue weighted by atomic mass is 9.99. The molecule has 0 radical (unpaired) electrons. The SMILES string of the molecule is CNN(C)C(=O)C(CCc1ccccc1)N(C)C(=O)C(Cc1c[nH]c2ccccc12)NC(=O)C(C)(C)N. The van der Waals surface area contributed by atoms with Gasteiger partial charge in [-0.1, -0.05) is 48.5 Å². The van der Waals surface area contributed by atoms with E-state index in [4.69, 9.17) is 5.73 Å². The fourth-order valence-electron chi connectivity index (χ4n) is 4.23. The summed E-state index contributed by atoms with van der Waals surface area (Å²) in [6, 6.07) is 15.9. The first-order valence-electron chi connectivity index (χ1n) is 12.4. The van der Waals surface area contributed by atoms with Crippen molar-refractivity contribution in [3.05, 3.63) is 71.9 Å². The lowest BCUT2D eigenvalue weighted by Gasteiger charge is -2.33. The highest BCUT2D eigenvalue weighted by Gasteiger charge is 2.35. The molecule has 9 nitrogen and oxygen atoms in total. The van der Waals surface area contributed by atoms with Gasteiger partial charge >= 0.3 is 0 Å². The van der Waals surface area contributed by atoms with E-state index in [1.165, 1.54) is 9.91 Å². The highest BCUT2D eigenvalue weighted by molar-refractivity contribution is 5.94. The van der Waals surface area contributed by atoms with Crippen LogP contribution >= 0.6 is 0 Å². The van der Waals surface area contributed by atoms with Crippen LogP contribution in [0.4, 0.5) is 0 Å². The van der Waals surface area contributed by atoms with Gasteiger partial charge in [0.25, 0.3) is 5.91 Å². The third kappa shape index (κ3) is 6.96. The Morgan fingerprint density at radius 2 is 1.65 bits per heavy atom. The zero-order chi connectivity index (χ0) is 27.2. The van der Waals surface area contributed by atoms with E-state index in [0.717, 1.165) is 22.0 Å². The third-order valence-corrected chi connectivity index (χ3v) is 6.60. The van der Waals surface area contributed by atoms with Gasteiger partial charge in [-0.25, -0.2) is 5.43 Å². The Bertz CT molecular complexity index is 1220. The van der Waals surface area contributed by atoms with E-state index in [1.807, 2.05) is 60.8 Å². The second-order valence-corrected chi connectivity index (χ2v) is 9.92. The fraction of sp³-hybridized carbons (Fsp3) is 0.393. The lowest BCUT2D eigenvalue weighted by Crippen LogP contribution is -2.59. The number of carbonyl (C=O) groups is 3. The second-order valence-electron chi connectivity index (χ2n) is 9.92. The van der Waals surface area contributed by atoms with Crippen molar-refractivity contribution in [2.75, 3.05) is 21.1 Å². The van der Waals surface area contributed by atoms with E-state index in [2.05, 4.69) is 15.7 Å². The monoisotopic (exact) mass is 506 g/mol. The topological polar surface area (TPSA) is 124 Å². The summed E-state index contributed by atoms with van der Waals surface area (Å²) in [5.41, 5.74) is 10.6. The van der Waals surface area contributed by atoms with Gasteiger partial charge in [0.05, 0.1) is 5.54 Å². The van der Waals surface area contributed by atoms with Crippen LogP contribution in [0.2, 0.25) is 0 Å². The van der Waals surface area contributed by atoms with Crippen LogP contribution in [0.25, 0.3) is 10.9 Å². The van der Waals surface area contributed by atoms with Crippen LogP contribution in [-0.2, 0) is 27.2 Å². The molecule has 2 aromatic carbocycles. The first-order valence-corrected chi connectivity index (χ1v) is 12.4. The molecule has 3 amide bonds. The number of nitrogens with zero attached hydrogens (tertiary/aromatic N) is 2. The number of fused-ring (bicyclic) bond motifs is 1. The Morgan fingerprint density at radius 3 is 2.30 bits per heavy atom. The number of para-hydroxylation sites is 1. The maximum absolute atomic E-state index is 13.9. The smallest absolute Gasteiger partial charge is 0.259 e. The number of amides is 3. The molecular weight excluding hydrogens is 468 g/mol. The number of aromatic amines is 1. The molecule has 3 rings (SSSR count). The molecule has 0 fully saturated rings. The lowest BCUT2D eigenvalue weighted by molar-refractivity contribution is -0.147. The molecule has 3 aromatic rings. The molecule has 2 unspecified atom stereocenters. The van der Waals surface area contributed by atoms with E-state index in [0.29, 0.717) is 12.8 Å². The molecule has 0 aliphatic carbocycles. The van der Waals surface area contributed by atoms with E-state index in [9.17, 15) is 14.4 Å². The molecule has 37 heavy (non-hydrogen) atoms. The summed E-state index contributed by atoms with van der Waals surface area (Å²) in [6.45, 7) is 3.18. The van der Waals surface area contributed by atoms with Gasteiger partial charge in [-0.15, -0.1) is 0 Å². The van der Waals surface area contributed by atoms with Gasteiger partial charge in [-0.05, 0) is 43.9 Å². The first kappa shape index (κ1) is 27.9. The zero-order valence-corrected chi connectivity index (χ0v) is 22.2. The van der Waals surface area contributed by atoms with Crippen LogP contribution < -0.4 is 16.5 Å². The largest absolute Gasteiger partial charge is 0.361 e. The molecule has 9 heteroatoms. The molecule has 0 saturated heterocycles. The number of aryl methyl sites for hydroxylation is 1. The van der Waals surface area contributed by atoms with Gasteiger partial charge in [-0.2, -0.15) is 0 Å². The minimum Gasteiger partial charge on any atom is -0.361 e. The van der Waals surface area contributed by atoms with Crippen molar-refractivity contribution in [3.63, 3.8) is 0 Å². The predicted octanol–water partition coefficient (Wildman–Crippen LogP) is 1.99. The molecule has 0 spiro atoms. The Morgan fingerprint density at radius 1 is 1.00 bits per heavy atom. The Kier molecular flexibility index (Phi) is 9.07. The number of likely N-dealkylation sites (N-methyl/N-ethyl adjacent to an activating group) is 2. The van der Waals surface area contributed by atoms with Crippen molar-refractivity contribution < 1.29 is 14.4 Å². The average Bonchev–Trinajstić information content (AvgIpc) is 3.29. The van der Waals surface area contributed by atoms with Gasteiger partial charge in [0.15, 0.2) is 0 Å². The minimum absolute atomic E-state index is 0.245. The van der Waals surface area contributed by atoms with E-state index in [1.54, 1.807) is 35.0 Å². The number of hydrogen-bond donors (Lipinski definition) is 4. The molecule has 0 saturated carbocycles. The van der Waals surface area contributed by atoms with Crippen molar-refractivity contribution >= 4 is 28.6 Å². The number of aromatic nitrogens is 1. The van der Waals surface area contributed by atoms with Crippen molar-refractivity contribution in [1.82, 2.24) is 25.6 Å². The third-order valence-electron chi connectivity index (χ3n) is 6.60. The van der Waals surface area contributed by atoms with E-state index >= 15 is 0 Å². The number of H-pyrrole nitrogens is 1. The van der Waals surface area contributed by atoms with E-state index in [-0.39, 0.29) is 18.2 Å². The van der Waals surface area contributed by atoms with Gasteiger partial charge in [0, 0.05) is 44.7 Å². The molecule has 0 bridgehead atoms. The maximum atomic E-state index is 13.9. The summed E-state index contributed by atoms with van der Waals surface area (Å²) in [6.07, 6.45) is 3.13. The molecule has 0 aliphatic rings. The molecule has 1 aromatic heterocycles. The molecule has 0 aliphatic heterocycles. The predicted molar refractivity (Wildman–Crippen MR) is 145 cm³/mol. The van der Waals surface area contributed by atoms with Crippen molar-refractivity contribution in [2.24, 2.45) is 5.73 Å². The van der Waals surface area contributed by atoms with Gasteiger partial charge in [0.1, 0.15) is 12.1 Å². The molecular formula is C28H38N6O3. The number of carbonyl (C=O) groups excluding carboxylic acids is 3. The first-order chi connectivity index (χ1) is 17.5. The van der Waals surface area contributed by atoms with Gasteiger partial charge in [-0.3, -0.25) is 19.4 Å². The number of rotatable bonds is 11. The fourth-order valence-corrected chi connectivity index (χ4v) is 4.23. The van der Waals surface area contributed by atoms with Crippen molar-refractivity contribution in [3.8, 4) is 0 Å². The Labute approximate surface area is 218 Å². The van der Waals surface area contributed by atoms with E-state index < -0.39 is 23.5 Å². The van der Waals surface area contributed by atoms with Crippen molar-refractivity contribution in [1.29, 1.82) is 0 Å². The number of hydrazine groups is 1. The van der Waals surface area contributed by atoms with Crippen LogP contribution in [-0.4, -0.2) is 71.4 Å². The molecule has 5 N–H and O–H groups in total. The molecule has 2 atom stereocenters. The average molecular weight is 507 g/mol. The summed E-state index contributed by atoms with van der Waals surface area (Å²) in [7, 11) is 4.89. The summed E-state index contributed by atoms with van der Waals surface area (Å²) in [4.78, 5) is 44.7. The summed E-state index contributed by atoms with van der Waals surface area (Å²) in [5, 5.41) is 5.18. The van der Waals surface area contributed by atoms with Crippen LogP contribution in [0.5, 0.6) is 0 Å². The van der Waals surface area contributed by atoms with Crippen LogP contribution in [0, 0.1) is 0 Å². The number of nitrogens with one attached hydrogen (secondary N) is 3. The van der Waals surface area contributed by atoms with Crippen LogP contribution in [0.1, 0.15) is 31.4 Å². The maximum Gasteiger partial charge on any atom is 0.259 e. The number of hydrogen-bond acceptors (Lipinski definition) is 5.